The zero-order valence-electron chi connectivity index (χ0n) is 7.76. The fraction of sp³-hybridized carbons (Fsp3) is 0.500. The summed E-state index contributed by atoms with van der Waals surface area (Å²) < 4.78 is 21.8. The van der Waals surface area contributed by atoms with Crippen LogP contribution in [-0.2, 0) is 14.8 Å². The van der Waals surface area contributed by atoms with E-state index in [0.29, 0.717) is 0 Å². The van der Waals surface area contributed by atoms with Crippen LogP contribution in [0.5, 0.6) is 0 Å². The van der Waals surface area contributed by atoms with Crippen LogP contribution in [-0.4, -0.2) is 37.3 Å². The summed E-state index contributed by atoms with van der Waals surface area (Å²) in [6.07, 6.45) is -0.0328. The standard InChI is InChI=1S/C6H10N4O3S/c1-4(11)8-5-3-6(9-10(5)2)14(7,12)13/h3H2,1-2H3,(H2,7,12,13). The molecule has 0 aliphatic carbocycles. The van der Waals surface area contributed by atoms with Gasteiger partial charge in [-0.2, -0.15) is 10.1 Å². The molecule has 1 amide bonds. The van der Waals surface area contributed by atoms with E-state index in [1.807, 2.05) is 0 Å². The molecule has 0 aromatic heterocycles. The Balaban J connectivity index is 2.95. The van der Waals surface area contributed by atoms with Gasteiger partial charge in [0.2, 0.25) is 5.91 Å². The van der Waals surface area contributed by atoms with Crippen molar-refractivity contribution in [2.24, 2.45) is 15.2 Å². The highest BCUT2D eigenvalue weighted by Gasteiger charge is 2.26. The quantitative estimate of drug-likeness (QED) is 0.555. The minimum absolute atomic E-state index is 0.0328. The topological polar surface area (TPSA) is 105 Å². The number of carbonyl (C=O) groups is 1. The van der Waals surface area contributed by atoms with Gasteiger partial charge in [-0.1, -0.05) is 0 Å². The zero-order chi connectivity index (χ0) is 10.9. The molecule has 0 unspecified atom stereocenters. The van der Waals surface area contributed by atoms with Crippen LogP contribution in [0.3, 0.4) is 0 Å². The smallest absolute Gasteiger partial charge is 0.253 e. The Kier molecular flexibility index (Phi) is 2.67. The van der Waals surface area contributed by atoms with E-state index in [1.54, 1.807) is 0 Å². The molecule has 0 fully saturated rings. The molecule has 0 aromatic rings. The Morgan fingerprint density at radius 1 is 1.64 bits per heavy atom. The van der Waals surface area contributed by atoms with E-state index in [1.165, 1.54) is 19.0 Å². The highest BCUT2D eigenvalue weighted by atomic mass is 32.2. The second-order valence-corrected chi connectivity index (χ2v) is 4.35. The lowest BCUT2D eigenvalue weighted by Crippen LogP contribution is -2.22. The van der Waals surface area contributed by atoms with Crippen molar-refractivity contribution in [3.63, 3.8) is 0 Å². The van der Waals surface area contributed by atoms with Crippen molar-refractivity contribution in [1.82, 2.24) is 5.01 Å². The third-order valence-corrected chi connectivity index (χ3v) is 2.44. The molecule has 0 saturated carbocycles. The minimum Gasteiger partial charge on any atom is -0.273 e. The molecule has 0 saturated heterocycles. The molecule has 1 heterocycles. The van der Waals surface area contributed by atoms with Gasteiger partial charge in [0.25, 0.3) is 10.0 Å². The summed E-state index contributed by atoms with van der Waals surface area (Å²) in [5.74, 6) is -0.126. The Morgan fingerprint density at radius 2 is 2.21 bits per heavy atom. The van der Waals surface area contributed by atoms with Crippen LogP contribution in [0.2, 0.25) is 0 Å². The number of amides is 1. The second kappa shape index (κ2) is 3.46. The Labute approximate surface area is 81.3 Å². The first kappa shape index (κ1) is 10.8. The van der Waals surface area contributed by atoms with Crippen LogP contribution in [0, 0.1) is 0 Å². The number of aliphatic imine (C=N–C) groups is 1. The zero-order valence-corrected chi connectivity index (χ0v) is 8.58. The summed E-state index contributed by atoms with van der Waals surface area (Å²) in [7, 11) is -2.29. The van der Waals surface area contributed by atoms with Gasteiger partial charge in [-0.25, -0.2) is 13.6 Å². The van der Waals surface area contributed by atoms with Gasteiger partial charge in [0.1, 0.15) is 5.84 Å². The van der Waals surface area contributed by atoms with Crippen molar-refractivity contribution in [3.05, 3.63) is 0 Å². The summed E-state index contributed by atoms with van der Waals surface area (Å²) >= 11 is 0. The molecule has 7 nitrogen and oxygen atoms in total. The molecule has 1 rings (SSSR count). The summed E-state index contributed by atoms with van der Waals surface area (Å²) in [5, 5.41) is 9.56. The van der Waals surface area contributed by atoms with Crippen molar-refractivity contribution < 1.29 is 13.2 Å². The summed E-state index contributed by atoms with van der Waals surface area (Å²) in [6.45, 7) is 1.27. The van der Waals surface area contributed by atoms with E-state index in [0.717, 1.165) is 0 Å². The van der Waals surface area contributed by atoms with Crippen molar-refractivity contribution in [2.75, 3.05) is 7.05 Å². The number of primary sulfonamides is 1. The largest absolute Gasteiger partial charge is 0.273 e. The highest BCUT2D eigenvalue weighted by molar-refractivity contribution is 8.04. The number of hydrogen-bond acceptors (Lipinski definition) is 4. The number of amidine groups is 1. The highest BCUT2D eigenvalue weighted by Crippen LogP contribution is 2.10. The SMILES string of the molecule is CC(=O)N=C1CC(S(N)(=O)=O)=NN1C. The van der Waals surface area contributed by atoms with Crippen molar-refractivity contribution in [2.45, 2.75) is 13.3 Å². The van der Waals surface area contributed by atoms with Gasteiger partial charge < -0.3 is 0 Å². The van der Waals surface area contributed by atoms with Gasteiger partial charge in [-0.05, 0) is 0 Å². The van der Waals surface area contributed by atoms with E-state index < -0.39 is 15.9 Å². The molecule has 1 aliphatic heterocycles. The molecular formula is C6H10N4O3S. The molecule has 8 heteroatoms. The maximum absolute atomic E-state index is 10.9. The number of hydrazone groups is 1. The maximum atomic E-state index is 10.9. The number of rotatable bonds is 0. The van der Waals surface area contributed by atoms with Gasteiger partial charge in [0, 0.05) is 14.0 Å². The summed E-state index contributed by atoms with van der Waals surface area (Å²) in [4.78, 5) is 14.2. The lowest BCUT2D eigenvalue weighted by atomic mass is 10.4. The van der Waals surface area contributed by atoms with Gasteiger partial charge in [-0.3, -0.25) is 9.80 Å². The molecule has 0 radical (unpaired) electrons. The average molecular weight is 218 g/mol. The lowest BCUT2D eigenvalue weighted by Gasteiger charge is -2.04. The minimum atomic E-state index is -3.79. The van der Waals surface area contributed by atoms with Crippen molar-refractivity contribution in [1.29, 1.82) is 0 Å². The number of nitrogens with two attached hydrogens (primary N) is 1. The first-order chi connectivity index (χ1) is 6.30. The fourth-order valence-electron chi connectivity index (χ4n) is 0.961. The molecule has 78 valence electrons. The third-order valence-electron chi connectivity index (χ3n) is 1.56. The predicted molar refractivity (Wildman–Crippen MR) is 51.0 cm³/mol. The van der Waals surface area contributed by atoms with E-state index in [-0.39, 0.29) is 17.3 Å². The van der Waals surface area contributed by atoms with Gasteiger partial charge in [-0.15, -0.1) is 0 Å². The number of carbonyl (C=O) groups excluding carboxylic acids is 1. The fourth-order valence-corrected chi connectivity index (χ4v) is 1.53. The van der Waals surface area contributed by atoms with Gasteiger partial charge in [0.05, 0.1) is 6.42 Å². The number of sulfonamides is 1. The van der Waals surface area contributed by atoms with Crippen LogP contribution < -0.4 is 5.14 Å². The van der Waals surface area contributed by atoms with E-state index in [2.05, 4.69) is 10.1 Å². The van der Waals surface area contributed by atoms with E-state index in [9.17, 15) is 13.2 Å². The van der Waals surface area contributed by atoms with Crippen LogP contribution in [0.25, 0.3) is 0 Å². The van der Waals surface area contributed by atoms with Gasteiger partial charge in [0.15, 0.2) is 5.04 Å². The monoisotopic (exact) mass is 218 g/mol. The molecule has 0 atom stereocenters. The number of hydrogen-bond donors (Lipinski definition) is 1. The van der Waals surface area contributed by atoms with Crippen molar-refractivity contribution in [3.8, 4) is 0 Å². The maximum Gasteiger partial charge on any atom is 0.253 e. The molecule has 14 heavy (non-hydrogen) atoms. The molecule has 0 aromatic carbocycles. The van der Waals surface area contributed by atoms with Crippen LogP contribution in [0.4, 0.5) is 0 Å². The van der Waals surface area contributed by atoms with Crippen LogP contribution in [0.1, 0.15) is 13.3 Å². The first-order valence-corrected chi connectivity index (χ1v) is 5.27. The first-order valence-electron chi connectivity index (χ1n) is 3.73. The summed E-state index contributed by atoms with van der Waals surface area (Å²) in [5.41, 5.74) is 0. The average Bonchev–Trinajstić information content (AvgIpc) is 2.30. The van der Waals surface area contributed by atoms with E-state index in [4.69, 9.17) is 5.14 Å². The summed E-state index contributed by atoms with van der Waals surface area (Å²) in [6, 6.07) is 0. The van der Waals surface area contributed by atoms with Gasteiger partial charge >= 0.3 is 0 Å². The molecule has 0 bridgehead atoms. The van der Waals surface area contributed by atoms with E-state index >= 15 is 0 Å². The third kappa shape index (κ3) is 2.36. The molecular weight excluding hydrogens is 208 g/mol. The Morgan fingerprint density at radius 3 is 2.57 bits per heavy atom. The second-order valence-electron chi connectivity index (χ2n) is 2.79. The normalized spacial score (nSPS) is 20.1. The predicted octanol–water partition coefficient (Wildman–Crippen LogP) is -1.13. The van der Waals surface area contributed by atoms with Crippen molar-refractivity contribution >= 4 is 26.8 Å². The molecule has 2 N–H and O–H groups in total. The Hall–Kier alpha value is -1.28. The Bertz CT molecular complexity index is 422. The molecule has 0 spiro atoms. The molecule has 1 aliphatic rings. The van der Waals surface area contributed by atoms with Crippen LogP contribution >= 0.6 is 0 Å². The number of nitrogens with zero attached hydrogens (tertiary/aromatic N) is 3. The van der Waals surface area contributed by atoms with Crippen LogP contribution in [0.15, 0.2) is 10.1 Å². The lowest BCUT2D eigenvalue weighted by molar-refractivity contribution is -0.115.